The van der Waals surface area contributed by atoms with Gasteiger partial charge in [0.05, 0.1) is 16.9 Å². The van der Waals surface area contributed by atoms with Crippen molar-refractivity contribution in [3.63, 3.8) is 0 Å². The first-order valence-electron chi connectivity index (χ1n) is 14.2. The van der Waals surface area contributed by atoms with E-state index in [1.165, 1.54) is 11.8 Å². The summed E-state index contributed by atoms with van der Waals surface area (Å²) in [5.41, 5.74) is 4.38. The van der Waals surface area contributed by atoms with Crippen molar-refractivity contribution in [3.8, 4) is 0 Å². The van der Waals surface area contributed by atoms with Crippen LogP contribution in [0.3, 0.4) is 0 Å². The molecule has 0 aromatic rings. The van der Waals surface area contributed by atoms with Crippen molar-refractivity contribution < 1.29 is 23.9 Å². The van der Waals surface area contributed by atoms with Gasteiger partial charge in [-0.25, -0.2) is 0 Å². The molecule has 0 aliphatic carbocycles. The molecule has 0 radical (unpaired) electrons. The topological polar surface area (TPSA) is 95.7 Å². The lowest BCUT2D eigenvalue weighted by Crippen LogP contribution is -2.42. The van der Waals surface area contributed by atoms with Crippen molar-refractivity contribution in [1.82, 2.24) is 0 Å². The number of ether oxygens (including phenoxy) is 2. The van der Waals surface area contributed by atoms with Crippen molar-refractivity contribution in [2.45, 2.75) is 134 Å². The monoisotopic (exact) mass is 557 g/mol. The van der Waals surface area contributed by atoms with E-state index in [4.69, 9.17) is 15.2 Å². The highest BCUT2D eigenvalue weighted by Crippen LogP contribution is 2.36. The van der Waals surface area contributed by atoms with Crippen LogP contribution in [0.2, 0.25) is 0 Å². The fraction of sp³-hybridized carbons (Fsp3) is 0.903. The Morgan fingerprint density at radius 2 is 1.21 bits per heavy atom. The average Bonchev–Trinajstić information content (AvgIpc) is 2.71. The van der Waals surface area contributed by atoms with Crippen LogP contribution in [-0.2, 0) is 23.9 Å². The van der Waals surface area contributed by atoms with Gasteiger partial charge in [0.1, 0.15) is 12.7 Å². The maximum absolute atomic E-state index is 13.2. The summed E-state index contributed by atoms with van der Waals surface area (Å²) in [6.07, 6.45) is 3.52. The Morgan fingerprint density at radius 3 is 1.66 bits per heavy atom. The van der Waals surface area contributed by atoms with Gasteiger partial charge in [-0.1, -0.05) is 75.2 Å². The normalized spacial score (nSPS) is 15.1. The van der Waals surface area contributed by atoms with E-state index in [1.54, 1.807) is 0 Å². The zero-order valence-corrected chi connectivity index (χ0v) is 27.7. The van der Waals surface area contributed by atoms with Gasteiger partial charge >= 0.3 is 11.9 Å². The first kappa shape index (κ1) is 36.9. The lowest BCUT2D eigenvalue weighted by molar-refractivity contribution is -0.170. The number of carbonyl (C=O) groups is 3. The number of esters is 2. The number of nitrogens with two attached hydrogens (primary N) is 1. The molecule has 2 atom stereocenters. The molecule has 0 bridgehead atoms. The van der Waals surface area contributed by atoms with Gasteiger partial charge in [0.15, 0.2) is 5.78 Å². The molecule has 7 heteroatoms. The highest BCUT2D eigenvalue weighted by molar-refractivity contribution is 7.99. The number of carbonyl (C=O) groups excluding carboxylic acids is 3. The van der Waals surface area contributed by atoms with Gasteiger partial charge in [0, 0.05) is 16.9 Å². The van der Waals surface area contributed by atoms with Crippen LogP contribution in [0.1, 0.15) is 122 Å². The summed E-state index contributed by atoms with van der Waals surface area (Å²) in [5.74, 6) is 0.229. The predicted octanol–water partition coefficient (Wildman–Crippen LogP) is 7.21. The Morgan fingerprint density at radius 1 is 0.737 bits per heavy atom. The van der Waals surface area contributed by atoms with Gasteiger partial charge in [-0.15, -0.1) is 0 Å². The van der Waals surface area contributed by atoms with E-state index in [0.29, 0.717) is 24.3 Å². The SMILES string of the molecule is CCCCC(C)(C)C(=O)C(N)CSC[C@H](COC(=O)C(C)(C)CC(C)(C)C)OC(=O)C(C)(C)CC(C)(C)C. The smallest absolute Gasteiger partial charge is 0.311 e. The van der Waals surface area contributed by atoms with E-state index in [0.717, 1.165) is 19.3 Å². The minimum atomic E-state index is -0.688. The Labute approximate surface area is 238 Å². The summed E-state index contributed by atoms with van der Waals surface area (Å²) in [6, 6.07) is -0.603. The largest absolute Gasteiger partial charge is 0.461 e. The number of rotatable bonds is 16. The summed E-state index contributed by atoms with van der Waals surface area (Å²) in [4.78, 5) is 39.1. The van der Waals surface area contributed by atoms with Crippen LogP contribution in [0.4, 0.5) is 0 Å². The second-order valence-electron chi connectivity index (χ2n) is 15.4. The Hall–Kier alpha value is -1.08. The maximum Gasteiger partial charge on any atom is 0.311 e. The van der Waals surface area contributed by atoms with Crippen molar-refractivity contribution in [3.05, 3.63) is 0 Å². The predicted molar refractivity (Wildman–Crippen MR) is 160 cm³/mol. The lowest BCUT2D eigenvalue weighted by atomic mass is 9.76. The molecule has 38 heavy (non-hydrogen) atoms. The number of thioether (sulfide) groups is 1. The van der Waals surface area contributed by atoms with Crippen molar-refractivity contribution in [1.29, 1.82) is 0 Å². The van der Waals surface area contributed by atoms with E-state index < -0.39 is 28.4 Å². The van der Waals surface area contributed by atoms with Crippen LogP contribution in [0.5, 0.6) is 0 Å². The summed E-state index contributed by atoms with van der Waals surface area (Å²) >= 11 is 1.46. The molecule has 0 aromatic heterocycles. The standard InChI is InChI=1S/C31H59NO5S/c1-14-15-16-29(8,9)24(33)23(32)19-38-18-22(37-26(35)31(12,13)21-28(5,6)7)17-36-25(34)30(10,11)20-27(2,3)4/h22-23H,14-21,32H2,1-13H3/t22-,23?/m0/s1. The van der Waals surface area contributed by atoms with Crippen molar-refractivity contribution >= 4 is 29.5 Å². The molecule has 0 fully saturated rings. The van der Waals surface area contributed by atoms with Crippen LogP contribution >= 0.6 is 11.8 Å². The van der Waals surface area contributed by atoms with E-state index in [1.807, 2.05) is 41.5 Å². The van der Waals surface area contributed by atoms with Crippen LogP contribution in [0.25, 0.3) is 0 Å². The van der Waals surface area contributed by atoms with Crippen LogP contribution in [-0.4, -0.2) is 48.0 Å². The van der Waals surface area contributed by atoms with E-state index in [2.05, 4.69) is 48.5 Å². The van der Waals surface area contributed by atoms with Crippen molar-refractivity contribution in [2.24, 2.45) is 32.8 Å². The second kappa shape index (κ2) is 14.5. The van der Waals surface area contributed by atoms with Gasteiger partial charge in [0.2, 0.25) is 0 Å². The molecule has 2 N–H and O–H groups in total. The summed E-state index contributed by atoms with van der Waals surface area (Å²) in [6.45, 7) is 26.1. The fourth-order valence-corrected chi connectivity index (χ4v) is 6.20. The molecule has 6 nitrogen and oxygen atoms in total. The van der Waals surface area contributed by atoms with Crippen LogP contribution in [0, 0.1) is 27.1 Å². The number of hydrogen-bond acceptors (Lipinski definition) is 7. The quantitative estimate of drug-likeness (QED) is 0.200. The van der Waals surface area contributed by atoms with Crippen LogP contribution in [0.15, 0.2) is 0 Å². The average molecular weight is 558 g/mol. The zero-order chi connectivity index (χ0) is 30.2. The van der Waals surface area contributed by atoms with E-state index in [-0.39, 0.29) is 35.2 Å². The second-order valence-corrected chi connectivity index (χ2v) is 16.4. The van der Waals surface area contributed by atoms with Gasteiger partial charge < -0.3 is 15.2 Å². The minimum Gasteiger partial charge on any atom is -0.461 e. The fourth-order valence-electron chi connectivity index (χ4n) is 5.23. The number of unbranched alkanes of at least 4 members (excludes halogenated alkanes) is 1. The van der Waals surface area contributed by atoms with E-state index >= 15 is 0 Å². The molecule has 0 aliphatic rings. The third-order valence-corrected chi connectivity index (χ3v) is 7.69. The van der Waals surface area contributed by atoms with E-state index in [9.17, 15) is 14.4 Å². The Kier molecular flexibility index (Phi) is 14.1. The third kappa shape index (κ3) is 14.3. The van der Waals surface area contributed by atoms with Gasteiger partial charge in [0.25, 0.3) is 0 Å². The summed E-state index contributed by atoms with van der Waals surface area (Å²) in [5, 5.41) is 0. The molecule has 0 aromatic carbocycles. The minimum absolute atomic E-state index is 0.0259. The summed E-state index contributed by atoms with van der Waals surface area (Å²) in [7, 11) is 0. The number of ketones is 1. The zero-order valence-electron chi connectivity index (χ0n) is 26.8. The maximum atomic E-state index is 13.2. The highest BCUT2D eigenvalue weighted by atomic mass is 32.2. The molecule has 0 spiro atoms. The highest BCUT2D eigenvalue weighted by Gasteiger charge is 2.38. The molecule has 1 unspecified atom stereocenters. The molecular weight excluding hydrogens is 498 g/mol. The molecule has 0 saturated carbocycles. The number of Topliss-reactive ketones (excluding diaryl/α,β-unsaturated/α-hetero) is 1. The summed E-state index contributed by atoms with van der Waals surface area (Å²) < 4.78 is 11.6. The molecule has 0 rings (SSSR count). The molecule has 0 saturated heterocycles. The first-order valence-corrected chi connectivity index (χ1v) is 15.3. The van der Waals surface area contributed by atoms with Crippen molar-refractivity contribution in [2.75, 3.05) is 18.1 Å². The lowest BCUT2D eigenvalue weighted by Gasteiger charge is -2.33. The Bertz CT molecular complexity index is 774. The molecule has 0 heterocycles. The first-order chi connectivity index (χ1) is 16.9. The van der Waals surface area contributed by atoms with Gasteiger partial charge in [-0.05, 0) is 57.8 Å². The van der Waals surface area contributed by atoms with Gasteiger partial charge in [-0.3, -0.25) is 14.4 Å². The number of hydrogen-bond donors (Lipinski definition) is 1. The molecule has 224 valence electrons. The Balaban J connectivity index is 5.43. The van der Waals surface area contributed by atoms with Gasteiger partial charge in [-0.2, -0.15) is 11.8 Å². The third-order valence-electron chi connectivity index (χ3n) is 6.48. The van der Waals surface area contributed by atoms with Crippen LogP contribution < -0.4 is 5.73 Å². The molecule has 0 aliphatic heterocycles. The molecular formula is C31H59NO5S. The molecule has 0 amide bonds.